The highest BCUT2D eigenvalue weighted by atomic mass is 19.4. The van der Waals surface area contributed by atoms with Gasteiger partial charge in [-0.2, -0.15) is 0 Å². The third-order valence-corrected chi connectivity index (χ3v) is 4.95. The zero-order chi connectivity index (χ0) is 23.4. The highest BCUT2D eigenvalue weighted by Gasteiger charge is 2.33. The maximum absolute atomic E-state index is 12.6. The van der Waals surface area contributed by atoms with Crippen molar-refractivity contribution in [3.05, 3.63) is 53.6 Å². The van der Waals surface area contributed by atoms with E-state index in [1.54, 1.807) is 6.07 Å². The van der Waals surface area contributed by atoms with Crippen molar-refractivity contribution in [1.82, 2.24) is 10.6 Å². The van der Waals surface area contributed by atoms with Gasteiger partial charge in [-0.15, -0.1) is 26.3 Å². The molecule has 176 valence electrons. The molecule has 0 bridgehead atoms. The smallest absolute Gasteiger partial charge is 0.496 e. The first kappa shape index (κ1) is 24.0. The molecular weight excluding hydrogens is 442 g/mol. The molecule has 1 aliphatic heterocycles. The number of hydrogen-bond donors (Lipinski definition) is 2. The lowest BCUT2D eigenvalue weighted by atomic mass is 9.92. The van der Waals surface area contributed by atoms with Gasteiger partial charge >= 0.3 is 12.7 Å². The number of ether oxygens (including phenoxy) is 3. The number of piperidine rings is 1. The molecule has 3 rings (SSSR count). The molecular formula is C21H22F6N2O3. The summed E-state index contributed by atoms with van der Waals surface area (Å²) in [5.74, 6) is -0.307. The van der Waals surface area contributed by atoms with Gasteiger partial charge < -0.3 is 24.8 Å². The quantitative estimate of drug-likeness (QED) is 0.560. The normalized spacial score (nSPS) is 19.5. The van der Waals surface area contributed by atoms with Gasteiger partial charge in [0.15, 0.2) is 0 Å². The van der Waals surface area contributed by atoms with Gasteiger partial charge in [-0.05, 0) is 55.3 Å². The predicted molar refractivity (Wildman–Crippen MR) is 103 cm³/mol. The molecule has 32 heavy (non-hydrogen) atoms. The van der Waals surface area contributed by atoms with E-state index >= 15 is 0 Å². The van der Waals surface area contributed by atoms with Crippen molar-refractivity contribution in [2.24, 2.45) is 0 Å². The largest absolute Gasteiger partial charge is 0.573 e. The first-order valence-electron chi connectivity index (χ1n) is 9.79. The fraction of sp³-hybridized carbons (Fsp3) is 0.429. The molecule has 0 aliphatic carbocycles. The first-order valence-corrected chi connectivity index (χ1v) is 9.79. The number of benzene rings is 2. The predicted octanol–water partition coefficient (Wildman–Crippen LogP) is 5.08. The Morgan fingerprint density at radius 3 is 2.31 bits per heavy atom. The number of methoxy groups -OCH3 is 1. The van der Waals surface area contributed by atoms with Crippen LogP contribution >= 0.6 is 0 Å². The second-order valence-corrected chi connectivity index (χ2v) is 7.20. The van der Waals surface area contributed by atoms with Crippen molar-refractivity contribution in [2.75, 3.05) is 13.7 Å². The van der Waals surface area contributed by atoms with Gasteiger partial charge in [-0.25, -0.2) is 0 Å². The lowest BCUT2D eigenvalue weighted by Gasteiger charge is -2.34. The van der Waals surface area contributed by atoms with Gasteiger partial charge in [0.25, 0.3) is 0 Å². The van der Waals surface area contributed by atoms with Gasteiger partial charge in [-0.1, -0.05) is 12.1 Å². The molecule has 5 nitrogen and oxygen atoms in total. The summed E-state index contributed by atoms with van der Waals surface area (Å²) in [4.78, 5) is 0. The topological polar surface area (TPSA) is 51.8 Å². The number of alkyl halides is 6. The molecule has 2 N–H and O–H groups in total. The monoisotopic (exact) mass is 464 g/mol. The lowest BCUT2D eigenvalue weighted by molar-refractivity contribution is -0.275. The molecule has 1 saturated heterocycles. The maximum atomic E-state index is 12.6. The summed E-state index contributed by atoms with van der Waals surface area (Å²) in [6, 6.07) is 8.98. The minimum absolute atomic E-state index is 0.166. The summed E-state index contributed by atoms with van der Waals surface area (Å²) in [5.41, 5.74) is 1.05. The average Bonchev–Trinajstić information content (AvgIpc) is 2.70. The third kappa shape index (κ3) is 6.92. The summed E-state index contributed by atoms with van der Waals surface area (Å²) in [6.07, 6.45) is -8.08. The Hall–Kier alpha value is -2.66. The van der Waals surface area contributed by atoms with Crippen molar-refractivity contribution >= 4 is 0 Å². The van der Waals surface area contributed by atoms with Crippen LogP contribution in [0.5, 0.6) is 17.2 Å². The summed E-state index contributed by atoms with van der Waals surface area (Å²) >= 11 is 0. The van der Waals surface area contributed by atoms with Crippen molar-refractivity contribution < 1.29 is 40.6 Å². The van der Waals surface area contributed by atoms with E-state index in [0.29, 0.717) is 29.8 Å². The minimum atomic E-state index is -4.82. The van der Waals surface area contributed by atoms with Crippen molar-refractivity contribution in [3.63, 3.8) is 0 Å². The maximum Gasteiger partial charge on any atom is 0.573 e. The van der Waals surface area contributed by atoms with Gasteiger partial charge in [0.05, 0.1) is 7.11 Å². The Balaban J connectivity index is 1.75. The molecule has 11 heteroatoms. The Morgan fingerprint density at radius 1 is 0.969 bits per heavy atom. The van der Waals surface area contributed by atoms with E-state index in [1.165, 1.54) is 37.4 Å². The highest BCUT2D eigenvalue weighted by molar-refractivity contribution is 5.40. The van der Waals surface area contributed by atoms with E-state index in [-0.39, 0.29) is 30.1 Å². The summed E-state index contributed by atoms with van der Waals surface area (Å²) < 4.78 is 88.6. The van der Waals surface area contributed by atoms with Crippen molar-refractivity contribution in [3.8, 4) is 17.2 Å². The standard InChI is InChI=1S/C21H22F6N2O3/c1-30-18-8-7-16(32-21(25,26)27)11-14(18)12-29-17-6-3-9-28-19(17)13-4-2-5-15(10-13)31-20(22,23)24/h2,4-5,7-8,10-11,17,19,28-29H,3,6,9,12H2,1H3. The van der Waals surface area contributed by atoms with Crippen LogP contribution in [-0.2, 0) is 6.54 Å². The second-order valence-electron chi connectivity index (χ2n) is 7.20. The van der Waals surface area contributed by atoms with Gasteiger partial charge in [0.2, 0.25) is 0 Å². The Bertz CT molecular complexity index is 904. The number of halogens is 6. The van der Waals surface area contributed by atoms with Crippen molar-refractivity contribution in [2.45, 2.75) is 44.2 Å². The number of hydrogen-bond acceptors (Lipinski definition) is 5. The first-order chi connectivity index (χ1) is 15.0. The summed E-state index contributed by atoms with van der Waals surface area (Å²) in [7, 11) is 1.40. The van der Waals surface area contributed by atoms with Crippen LogP contribution < -0.4 is 24.8 Å². The summed E-state index contributed by atoms with van der Waals surface area (Å²) in [6.45, 7) is 0.839. The Kier molecular flexibility index (Phi) is 7.40. The highest BCUT2D eigenvalue weighted by Crippen LogP contribution is 2.31. The SMILES string of the molecule is COc1ccc(OC(F)(F)F)cc1CNC1CCCNC1c1cccc(OC(F)(F)F)c1. The Labute approximate surface area is 180 Å². The minimum Gasteiger partial charge on any atom is -0.496 e. The Morgan fingerprint density at radius 2 is 1.66 bits per heavy atom. The molecule has 0 saturated carbocycles. The fourth-order valence-electron chi connectivity index (χ4n) is 3.69. The van der Waals surface area contributed by atoms with Crippen LogP contribution in [0.2, 0.25) is 0 Å². The van der Waals surface area contributed by atoms with Gasteiger partial charge in [0.1, 0.15) is 17.2 Å². The van der Waals surface area contributed by atoms with Crippen molar-refractivity contribution in [1.29, 1.82) is 0 Å². The van der Waals surface area contributed by atoms with Crippen LogP contribution in [0, 0.1) is 0 Å². The van der Waals surface area contributed by atoms with Crippen LogP contribution in [0.3, 0.4) is 0 Å². The second kappa shape index (κ2) is 9.86. The third-order valence-electron chi connectivity index (χ3n) is 4.95. The molecule has 2 unspecified atom stereocenters. The van der Waals surface area contributed by atoms with Crippen LogP contribution in [-0.4, -0.2) is 32.4 Å². The van der Waals surface area contributed by atoms with Crippen LogP contribution in [0.15, 0.2) is 42.5 Å². The van der Waals surface area contributed by atoms with E-state index in [2.05, 4.69) is 20.1 Å². The lowest BCUT2D eigenvalue weighted by Crippen LogP contribution is -2.45. The summed E-state index contributed by atoms with van der Waals surface area (Å²) in [5, 5.41) is 6.56. The van der Waals surface area contributed by atoms with E-state index in [0.717, 1.165) is 12.5 Å². The fourth-order valence-corrected chi connectivity index (χ4v) is 3.69. The average molecular weight is 464 g/mol. The molecule has 0 radical (unpaired) electrons. The molecule has 2 aromatic carbocycles. The zero-order valence-electron chi connectivity index (χ0n) is 17.0. The molecule has 1 aliphatic rings. The molecule has 2 aromatic rings. The van der Waals surface area contributed by atoms with Crippen LogP contribution in [0.1, 0.15) is 30.0 Å². The zero-order valence-corrected chi connectivity index (χ0v) is 17.0. The molecule has 1 heterocycles. The number of nitrogens with one attached hydrogen (secondary N) is 2. The van der Waals surface area contributed by atoms with Crippen LogP contribution in [0.4, 0.5) is 26.3 Å². The van der Waals surface area contributed by atoms with E-state index in [9.17, 15) is 26.3 Å². The van der Waals surface area contributed by atoms with E-state index < -0.39 is 12.7 Å². The van der Waals surface area contributed by atoms with Gasteiger partial charge in [-0.3, -0.25) is 0 Å². The molecule has 0 spiro atoms. The molecule has 0 amide bonds. The molecule has 0 aromatic heterocycles. The number of rotatable bonds is 7. The van der Waals surface area contributed by atoms with E-state index in [4.69, 9.17) is 4.74 Å². The molecule has 2 atom stereocenters. The molecule has 1 fully saturated rings. The van der Waals surface area contributed by atoms with E-state index in [1.807, 2.05) is 0 Å². The van der Waals surface area contributed by atoms with Crippen LogP contribution in [0.25, 0.3) is 0 Å². The van der Waals surface area contributed by atoms with Gasteiger partial charge in [0, 0.05) is 24.2 Å².